The summed E-state index contributed by atoms with van der Waals surface area (Å²) < 4.78 is 0. The maximum absolute atomic E-state index is 6.22. The molecule has 2 nitrogen and oxygen atoms in total. The van der Waals surface area contributed by atoms with Crippen molar-refractivity contribution in [3.05, 3.63) is 56.6 Å². The predicted molar refractivity (Wildman–Crippen MR) is 102 cm³/mol. The summed E-state index contributed by atoms with van der Waals surface area (Å²) in [6.45, 7) is 17.3. The molecule has 0 aromatic heterocycles. The van der Waals surface area contributed by atoms with Gasteiger partial charge in [0.2, 0.25) is 0 Å². The Morgan fingerprint density at radius 3 is 1.22 bits per heavy atom. The van der Waals surface area contributed by atoms with Crippen molar-refractivity contribution in [3.8, 4) is 0 Å². The topological polar surface area (TPSA) is 52.0 Å². The number of hydrogen-bond acceptors (Lipinski definition) is 2. The molecule has 0 radical (unpaired) electrons. The van der Waals surface area contributed by atoms with Crippen LogP contribution in [0, 0.1) is 41.5 Å². The summed E-state index contributed by atoms with van der Waals surface area (Å²) in [5.74, 6) is 0. The van der Waals surface area contributed by atoms with E-state index in [0.717, 1.165) is 22.5 Å². The van der Waals surface area contributed by atoms with Gasteiger partial charge in [0.05, 0.1) is 0 Å². The third-order valence-electron chi connectivity index (χ3n) is 5.66. The molecule has 0 fully saturated rings. The molecule has 2 heteroatoms. The van der Waals surface area contributed by atoms with Crippen molar-refractivity contribution in [2.75, 3.05) is 11.5 Å². The minimum Gasteiger partial charge on any atom is -0.398 e. The van der Waals surface area contributed by atoms with Gasteiger partial charge in [-0.3, -0.25) is 0 Å². The first-order valence-electron chi connectivity index (χ1n) is 8.23. The molecule has 0 heterocycles. The largest absolute Gasteiger partial charge is 0.398 e. The molecule has 0 saturated heterocycles. The van der Waals surface area contributed by atoms with Gasteiger partial charge in [-0.2, -0.15) is 0 Å². The van der Waals surface area contributed by atoms with Crippen LogP contribution in [0.3, 0.4) is 0 Å². The van der Waals surface area contributed by atoms with Gasteiger partial charge in [-0.1, -0.05) is 26.0 Å². The van der Waals surface area contributed by atoms with E-state index >= 15 is 0 Å². The van der Waals surface area contributed by atoms with E-state index in [4.69, 9.17) is 11.5 Å². The molecule has 0 aliphatic heterocycles. The number of benzene rings is 2. The molecule has 0 amide bonds. The van der Waals surface area contributed by atoms with Gasteiger partial charge in [-0.15, -0.1) is 0 Å². The Morgan fingerprint density at radius 1 is 0.609 bits per heavy atom. The molecule has 0 atom stereocenters. The van der Waals surface area contributed by atoms with Gasteiger partial charge >= 0.3 is 0 Å². The average Bonchev–Trinajstić information content (AvgIpc) is 2.49. The molecule has 0 aliphatic rings. The Kier molecular flexibility index (Phi) is 4.23. The van der Waals surface area contributed by atoms with Crippen LogP contribution in [0.5, 0.6) is 0 Å². The van der Waals surface area contributed by atoms with Crippen LogP contribution in [-0.4, -0.2) is 0 Å². The summed E-state index contributed by atoms with van der Waals surface area (Å²) in [6.07, 6.45) is 0. The molecule has 2 rings (SSSR count). The second kappa shape index (κ2) is 5.59. The van der Waals surface area contributed by atoms with E-state index in [1.807, 2.05) is 0 Å². The fourth-order valence-corrected chi connectivity index (χ4v) is 3.65. The van der Waals surface area contributed by atoms with Crippen molar-refractivity contribution in [3.63, 3.8) is 0 Å². The monoisotopic (exact) mass is 310 g/mol. The second-order valence-electron chi connectivity index (χ2n) is 7.43. The predicted octanol–water partition coefficient (Wildman–Crippen LogP) is 5.03. The van der Waals surface area contributed by atoms with Crippen LogP contribution in [0.1, 0.15) is 58.4 Å². The zero-order chi connectivity index (χ0) is 17.7. The summed E-state index contributed by atoms with van der Waals surface area (Å²) in [4.78, 5) is 0. The van der Waals surface area contributed by atoms with Gasteiger partial charge in [0.1, 0.15) is 0 Å². The fraction of sp³-hybridized carbons (Fsp3) is 0.429. The van der Waals surface area contributed by atoms with Crippen molar-refractivity contribution < 1.29 is 0 Å². The molecule has 0 spiro atoms. The molecule has 0 aliphatic carbocycles. The highest BCUT2D eigenvalue weighted by atomic mass is 14.6. The van der Waals surface area contributed by atoms with Crippen LogP contribution in [0.15, 0.2) is 12.1 Å². The SMILES string of the molecule is Cc1cc(C(C)(C)c2cc(C)c(N)c(C)c2C)c(C)c(C)c1N. The van der Waals surface area contributed by atoms with E-state index < -0.39 is 0 Å². The highest BCUT2D eigenvalue weighted by Crippen LogP contribution is 2.40. The van der Waals surface area contributed by atoms with Crippen molar-refractivity contribution in [1.82, 2.24) is 0 Å². The van der Waals surface area contributed by atoms with Gasteiger partial charge < -0.3 is 11.5 Å². The number of rotatable bonds is 2. The Morgan fingerprint density at radius 2 is 0.913 bits per heavy atom. The number of nitrogen functional groups attached to an aromatic ring is 2. The van der Waals surface area contributed by atoms with Crippen LogP contribution >= 0.6 is 0 Å². The minimum atomic E-state index is -0.0966. The van der Waals surface area contributed by atoms with Gasteiger partial charge in [0, 0.05) is 16.8 Å². The Hall–Kier alpha value is -1.96. The fourth-order valence-electron chi connectivity index (χ4n) is 3.65. The van der Waals surface area contributed by atoms with Gasteiger partial charge in [0.15, 0.2) is 0 Å². The molecule has 2 aromatic rings. The lowest BCUT2D eigenvalue weighted by atomic mass is 9.72. The van der Waals surface area contributed by atoms with Gasteiger partial charge in [0.25, 0.3) is 0 Å². The quantitative estimate of drug-likeness (QED) is 0.765. The summed E-state index contributed by atoms with van der Waals surface area (Å²) in [6, 6.07) is 4.50. The van der Waals surface area contributed by atoms with Crippen LogP contribution < -0.4 is 11.5 Å². The summed E-state index contributed by atoms with van der Waals surface area (Å²) >= 11 is 0. The Bertz CT molecular complexity index is 718. The van der Waals surface area contributed by atoms with Crippen molar-refractivity contribution in [2.24, 2.45) is 0 Å². The molecule has 124 valence electrons. The summed E-state index contributed by atoms with van der Waals surface area (Å²) in [7, 11) is 0. The van der Waals surface area contributed by atoms with E-state index in [0.29, 0.717) is 0 Å². The van der Waals surface area contributed by atoms with E-state index in [2.05, 4.69) is 67.5 Å². The van der Waals surface area contributed by atoms with Gasteiger partial charge in [-0.25, -0.2) is 0 Å². The number of anilines is 2. The summed E-state index contributed by atoms with van der Waals surface area (Å²) in [5, 5.41) is 0. The van der Waals surface area contributed by atoms with Crippen LogP contribution in [-0.2, 0) is 5.41 Å². The highest BCUT2D eigenvalue weighted by molar-refractivity contribution is 5.64. The van der Waals surface area contributed by atoms with Gasteiger partial charge in [-0.05, 0) is 86.1 Å². The first-order chi connectivity index (χ1) is 10.5. The van der Waals surface area contributed by atoms with E-state index in [1.54, 1.807) is 0 Å². The third-order valence-corrected chi connectivity index (χ3v) is 5.66. The zero-order valence-electron chi connectivity index (χ0n) is 15.8. The molecule has 4 N–H and O–H groups in total. The Balaban J connectivity index is 2.79. The lowest BCUT2D eigenvalue weighted by Gasteiger charge is -2.32. The van der Waals surface area contributed by atoms with Crippen molar-refractivity contribution in [1.29, 1.82) is 0 Å². The lowest BCUT2D eigenvalue weighted by molar-refractivity contribution is 0.628. The Labute approximate surface area is 140 Å². The normalized spacial score (nSPS) is 11.8. The van der Waals surface area contributed by atoms with E-state index in [1.165, 1.54) is 33.4 Å². The smallest absolute Gasteiger partial charge is 0.0376 e. The average molecular weight is 310 g/mol. The third kappa shape index (κ3) is 2.60. The molecular weight excluding hydrogens is 280 g/mol. The molecule has 0 saturated carbocycles. The minimum absolute atomic E-state index is 0.0966. The second-order valence-corrected chi connectivity index (χ2v) is 7.43. The molecule has 0 unspecified atom stereocenters. The zero-order valence-corrected chi connectivity index (χ0v) is 15.8. The van der Waals surface area contributed by atoms with E-state index in [-0.39, 0.29) is 5.41 Å². The molecule has 0 bridgehead atoms. The maximum atomic E-state index is 6.22. The number of aryl methyl sites for hydroxylation is 2. The molecular formula is C21H30N2. The maximum Gasteiger partial charge on any atom is 0.0376 e. The number of hydrogen-bond donors (Lipinski definition) is 2. The van der Waals surface area contributed by atoms with E-state index in [9.17, 15) is 0 Å². The van der Waals surface area contributed by atoms with Crippen LogP contribution in [0.2, 0.25) is 0 Å². The number of nitrogens with two attached hydrogens (primary N) is 2. The lowest BCUT2D eigenvalue weighted by Crippen LogP contribution is -2.24. The highest BCUT2D eigenvalue weighted by Gasteiger charge is 2.29. The van der Waals surface area contributed by atoms with Crippen LogP contribution in [0.4, 0.5) is 11.4 Å². The van der Waals surface area contributed by atoms with Crippen molar-refractivity contribution in [2.45, 2.75) is 60.8 Å². The van der Waals surface area contributed by atoms with Crippen LogP contribution in [0.25, 0.3) is 0 Å². The first-order valence-corrected chi connectivity index (χ1v) is 8.23. The molecule has 2 aromatic carbocycles. The standard InChI is InChI=1S/C21H30N2/c1-11-9-17(13(3)15(5)19(11)22)21(7,8)18-10-12(2)20(23)16(6)14(18)4/h9-10H,22-23H2,1-8H3. The van der Waals surface area contributed by atoms with Crippen molar-refractivity contribution >= 4 is 11.4 Å². The first kappa shape index (κ1) is 17.4. The summed E-state index contributed by atoms with van der Waals surface area (Å²) in [5.41, 5.74) is 24.1. The molecule has 23 heavy (non-hydrogen) atoms.